The molecule has 0 amide bonds. The van der Waals surface area contributed by atoms with E-state index in [2.05, 4.69) is 34.6 Å². The van der Waals surface area contributed by atoms with Crippen molar-refractivity contribution >= 4 is 29.2 Å². The molecule has 128 valence electrons. The van der Waals surface area contributed by atoms with Crippen molar-refractivity contribution in [3.63, 3.8) is 0 Å². The number of hydrogen-bond donors (Lipinski definition) is 0. The fourth-order valence-corrected chi connectivity index (χ4v) is 3.85. The maximum atomic E-state index is 4.58. The minimum absolute atomic E-state index is 0.547. The van der Waals surface area contributed by atoms with Gasteiger partial charge in [0.25, 0.3) is 0 Å². The molecule has 2 aromatic heterocycles. The lowest BCUT2D eigenvalue weighted by Gasteiger charge is -2.39. The molecule has 0 bridgehead atoms. The zero-order valence-corrected chi connectivity index (χ0v) is 15.0. The summed E-state index contributed by atoms with van der Waals surface area (Å²) in [7, 11) is 4.04. The Bertz CT molecular complexity index is 663. The largest absolute Gasteiger partial charge is 0.363 e. The zero-order chi connectivity index (χ0) is 16.5. The van der Waals surface area contributed by atoms with E-state index in [1.807, 2.05) is 25.2 Å². The molecule has 1 saturated carbocycles. The van der Waals surface area contributed by atoms with Crippen LogP contribution in [0.1, 0.15) is 25.7 Å². The average Bonchev–Trinajstić information content (AvgIpc) is 3.28. The summed E-state index contributed by atoms with van der Waals surface area (Å²) >= 11 is 1.28. The standard InChI is InChI=1S/C16H23N7S/c1-21(2)14-9-15(18-11-17-14)23(12-3-4-12)13-5-7-22(8-6-13)16-10-19-24-20-16/h9-13H,3-8H2,1-2H3. The number of aromatic nitrogens is 4. The number of piperidine rings is 1. The summed E-state index contributed by atoms with van der Waals surface area (Å²) in [5.74, 6) is 3.06. The number of nitrogens with zero attached hydrogens (tertiary/aromatic N) is 7. The summed E-state index contributed by atoms with van der Waals surface area (Å²) in [4.78, 5) is 15.9. The number of hydrogen-bond acceptors (Lipinski definition) is 8. The first-order chi connectivity index (χ1) is 11.7. The van der Waals surface area contributed by atoms with Crippen molar-refractivity contribution in [1.82, 2.24) is 18.7 Å². The van der Waals surface area contributed by atoms with Gasteiger partial charge in [0.05, 0.1) is 17.9 Å². The molecule has 2 aliphatic rings. The Morgan fingerprint density at radius 3 is 2.38 bits per heavy atom. The number of rotatable bonds is 5. The molecule has 1 aliphatic carbocycles. The Morgan fingerprint density at radius 1 is 1.04 bits per heavy atom. The highest BCUT2D eigenvalue weighted by Crippen LogP contribution is 2.36. The van der Waals surface area contributed by atoms with Crippen LogP contribution in [0, 0.1) is 0 Å². The van der Waals surface area contributed by atoms with Gasteiger partial charge in [-0.3, -0.25) is 0 Å². The lowest BCUT2D eigenvalue weighted by molar-refractivity contribution is 0.458. The summed E-state index contributed by atoms with van der Waals surface area (Å²) in [6.45, 7) is 2.07. The Morgan fingerprint density at radius 2 is 1.75 bits per heavy atom. The highest BCUT2D eigenvalue weighted by Gasteiger charge is 2.36. The minimum atomic E-state index is 0.547. The van der Waals surface area contributed by atoms with Crippen LogP contribution in [0.3, 0.4) is 0 Å². The second-order valence-corrected chi connectivity index (χ2v) is 7.31. The van der Waals surface area contributed by atoms with Crippen LogP contribution in [0.4, 0.5) is 17.5 Å². The lowest BCUT2D eigenvalue weighted by Crippen LogP contribution is -2.46. The van der Waals surface area contributed by atoms with Crippen molar-refractivity contribution in [1.29, 1.82) is 0 Å². The average molecular weight is 345 g/mol. The molecule has 0 atom stereocenters. The molecule has 0 spiro atoms. The zero-order valence-electron chi connectivity index (χ0n) is 14.2. The van der Waals surface area contributed by atoms with Crippen molar-refractivity contribution < 1.29 is 0 Å². The van der Waals surface area contributed by atoms with Crippen LogP contribution in [0.2, 0.25) is 0 Å². The summed E-state index contributed by atoms with van der Waals surface area (Å²) < 4.78 is 8.48. The van der Waals surface area contributed by atoms with E-state index in [-0.39, 0.29) is 0 Å². The Balaban J connectivity index is 1.49. The molecule has 3 heterocycles. The van der Waals surface area contributed by atoms with Gasteiger partial charge >= 0.3 is 0 Å². The Kier molecular flexibility index (Phi) is 4.22. The first-order valence-electron chi connectivity index (χ1n) is 8.52. The third-order valence-corrected chi connectivity index (χ3v) is 5.30. The summed E-state index contributed by atoms with van der Waals surface area (Å²) in [6, 6.07) is 3.31. The fourth-order valence-electron chi connectivity index (χ4n) is 3.42. The molecule has 0 radical (unpaired) electrons. The molecule has 1 aliphatic heterocycles. The summed E-state index contributed by atoms with van der Waals surface area (Å²) in [6.07, 6.45) is 8.38. The molecule has 24 heavy (non-hydrogen) atoms. The molecule has 8 heteroatoms. The molecule has 2 fully saturated rings. The molecule has 7 nitrogen and oxygen atoms in total. The molecule has 2 aromatic rings. The van der Waals surface area contributed by atoms with Gasteiger partial charge in [-0.1, -0.05) is 0 Å². The SMILES string of the molecule is CN(C)c1cc(N(C2CC2)C2CCN(c3cnsn3)CC2)ncn1. The van der Waals surface area contributed by atoms with Crippen LogP contribution >= 0.6 is 11.7 Å². The molecule has 0 aromatic carbocycles. The topological polar surface area (TPSA) is 61.3 Å². The number of anilines is 3. The highest BCUT2D eigenvalue weighted by atomic mass is 32.1. The van der Waals surface area contributed by atoms with E-state index in [1.165, 1.54) is 24.6 Å². The molecular formula is C16H23N7S. The molecule has 0 unspecified atom stereocenters. The van der Waals surface area contributed by atoms with Crippen molar-refractivity contribution in [2.75, 3.05) is 41.9 Å². The van der Waals surface area contributed by atoms with E-state index in [1.54, 1.807) is 6.33 Å². The van der Waals surface area contributed by atoms with Crippen LogP contribution in [-0.2, 0) is 0 Å². The Labute approximate surface area is 146 Å². The van der Waals surface area contributed by atoms with Crippen molar-refractivity contribution in [3.05, 3.63) is 18.6 Å². The summed E-state index contributed by atoms with van der Waals surface area (Å²) in [5, 5.41) is 0. The molecule has 1 saturated heterocycles. The predicted molar refractivity (Wildman–Crippen MR) is 97.0 cm³/mol. The fraction of sp³-hybridized carbons (Fsp3) is 0.625. The maximum Gasteiger partial charge on any atom is 0.162 e. The highest BCUT2D eigenvalue weighted by molar-refractivity contribution is 6.99. The first kappa shape index (κ1) is 15.6. The van der Waals surface area contributed by atoms with Gasteiger partial charge < -0.3 is 14.7 Å². The maximum absolute atomic E-state index is 4.58. The van der Waals surface area contributed by atoms with Gasteiger partial charge in [0.15, 0.2) is 5.82 Å². The van der Waals surface area contributed by atoms with Gasteiger partial charge in [-0.25, -0.2) is 9.97 Å². The third kappa shape index (κ3) is 3.15. The Hall–Kier alpha value is -1.96. The van der Waals surface area contributed by atoms with E-state index in [4.69, 9.17) is 0 Å². The van der Waals surface area contributed by atoms with E-state index in [0.29, 0.717) is 12.1 Å². The van der Waals surface area contributed by atoms with Gasteiger partial charge in [0, 0.05) is 45.3 Å². The van der Waals surface area contributed by atoms with Crippen molar-refractivity contribution in [3.8, 4) is 0 Å². The van der Waals surface area contributed by atoms with Crippen LogP contribution in [0.5, 0.6) is 0 Å². The van der Waals surface area contributed by atoms with E-state index in [9.17, 15) is 0 Å². The smallest absolute Gasteiger partial charge is 0.162 e. The second-order valence-electron chi connectivity index (χ2n) is 6.75. The van der Waals surface area contributed by atoms with Gasteiger partial charge in [-0.05, 0) is 25.7 Å². The third-order valence-electron chi connectivity index (χ3n) is 4.83. The van der Waals surface area contributed by atoms with Crippen LogP contribution < -0.4 is 14.7 Å². The van der Waals surface area contributed by atoms with Crippen LogP contribution in [-0.4, -0.2) is 58.0 Å². The van der Waals surface area contributed by atoms with Gasteiger partial charge in [-0.2, -0.15) is 8.75 Å². The lowest BCUT2D eigenvalue weighted by atomic mass is 10.0. The van der Waals surface area contributed by atoms with E-state index >= 15 is 0 Å². The summed E-state index contributed by atoms with van der Waals surface area (Å²) in [5.41, 5.74) is 0. The van der Waals surface area contributed by atoms with Crippen LogP contribution in [0.15, 0.2) is 18.6 Å². The normalized spacial score (nSPS) is 18.7. The quantitative estimate of drug-likeness (QED) is 0.821. The molecule has 0 N–H and O–H groups in total. The van der Waals surface area contributed by atoms with E-state index < -0.39 is 0 Å². The first-order valence-corrected chi connectivity index (χ1v) is 9.25. The van der Waals surface area contributed by atoms with Crippen LogP contribution in [0.25, 0.3) is 0 Å². The second kappa shape index (κ2) is 6.51. The van der Waals surface area contributed by atoms with Gasteiger partial charge in [0.2, 0.25) is 0 Å². The molecular weight excluding hydrogens is 322 g/mol. The monoisotopic (exact) mass is 345 g/mol. The van der Waals surface area contributed by atoms with Gasteiger partial charge in [0.1, 0.15) is 18.0 Å². The van der Waals surface area contributed by atoms with Crippen molar-refractivity contribution in [2.45, 2.75) is 37.8 Å². The van der Waals surface area contributed by atoms with Gasteiger partial charge in [-0.15, -0.1) is 0 Å². The molecule has 4 rings (SSSR count). The van der Waals surface area contributed by atoms with E-state index in [0.717, 1.165) is 43.4 Å². The van der Waals surface area contributed by atoms with Crippen molar-refractivity contribution in [2.24, 2.45) is 0 Å². The predicted octanol–water partition coefficient (Wildman–Crippen LogP) is 2.03. The minimum Gasteiger partial charge on any atom is -0.363 e.